The number of likely N-dealkylation sites (tertiary alicyclic amines) is 2. The van der Waals surface area contributed by atoms with Crippen LogP contribution < -0.4 is 4.74 Å². The van der Waals surface area contributed by atoms with Crippen LogP contribution in [0.3, 0.4) is 0 Å². The van der Waals surface area contributed by atoms with Gasteiger partial charge in [0.1, 0.15) is 0 Å². The smallest absolute Gasteiger partial charge is 0.260 e. The van der Waals surface area contributed by atoms with Gasteiger partial charge in [0.2, 0.25) is 5.91 Å². The third kappa shape index (κ3) is 4.75. The lowest BCUT2D eigenvalue weighted by atomic mass is 9.94. The van der Waals surface area contributed by atoms with E-state index < -0.39 is 5.82 Å². The van der Waals surface area contributed by atoms with Crippen molar-refractivity contribution in [2.24, 2.45) is 5.92 Å². The van der Waals surface area contributed by atoms with Crippen molar-refractivity contribution < 1.29 is 18.7 Å². The van der Waals surface area contributed by atoms with Crippen LogP contribution in [0.2, 0.25) is 0 Å². The zero-order valence-corrected chi connectivity index (χ0v) is 16.3. The predicted octanol–water partition coefficient (Wildman–Crippen LogP) is 3.22. The van der Waals surface area contributed by atoms with Gasteiger partial charge in [0, 0.05) is 36.6 Å². The molecule has 2 aliphatic heterocycles. The summed E-state index contributed by atoms with van der Waals surface area (Å²) in [4.78, 5) is 28.5. The van der Waals surface area contributed by atoms with Gasteiger partial charge in [0.15, 0.2) is 18.2 Å². The van der Waals surface area contributed by atoms with E-state index in [1.54, 1.807) is 11.0 Å². The number of rotatable bonds is 4. The summed E-state index contributed by atoms with van der Waals surface area (Å²) in [6.07, 6.45) is 4.76. The van der Waals surface area contributed by atoms with Crippen LogP contribution in [-0.2, 0) is 9.59 Å². The molecule has 0 N–H and O–H groups in total. The van der Waals surface area contributed by atoms with Crippen molar-refractivity contribution in [3.05, 3.63) is 28.5 Å². The van der Waals surface area contributed by atoms with Crippen molar-refractivity contribution in [3.63, 3.8) is 0 Å². The molecule has 0 bridgehead atoms. The molecule has 0 radical (unpaired) electrons. The molecule has 0 saturated carbocycles. The van der Waals surface area contributed by atoms with Crippen LogP contribution >= 0.6 is 15.9 Å². The number of nitrogens with zero attached hydrogens (tertiary/aromatic N) is 2. The molecule has 0 aromatic heterocycles. The van der Waals surface area contributed by atoms with Crippen LogP contribution in [0.4, 0.5) is 4.39 Å². The van der Waals surface area contributed by atoms with E-state index in [2.05, 4.69) is 15.9 Å². The standard InChI is InChI=1S/C19H24BrFN2O3/c20-15-4-5-17(16(21)12-15)26-13-18(24)22-10-6-14(7-11-22)19(25)23-8-2-1-3-9-23/h4-5,12,14H,1-3,6-11,13H2. The molecule has 2 saturated heterocycles. The summed E-state index contributed by atoms with van der Waals surface area (Å²) < 4.78 is 19.7. The second-order valence-electron chi connectivity index (χ2n) is 6.90. The maximum Gasteiger partial charge on any atom is 0.260 e. The molecule has 1 aromatic carbocycles. The number of hydrogen-bond donors (Lipinski definition) is 0. The van der Waals surface area contributed by atoms with Gasteiger partial charge in [-0.05, 0) is 50.3 Å². The van der Waals surface area contributed by atoms with E-state index >= 15 is 0 Å². The van der Waals surface area contributed by atoms with Gasteiger partial charge in [0.05, 0.1) is 0 Å². The van der Waals surface area contributed by atoms with Crippen LogP contribution in [0.5, 0.6) is 5.75 Å². The largest absolute Gasteiger partial charge is 0.481 e. The molecule has 1 aromatic rings. The third-order valence-electron chi connectivity index (χ3n) is 5.11. The molecule has 7 heteroatoms. The van der Waals surface area contributed by atoms with Gasteiger partial charge in [-0.25, -0.2) is 4.39 Å². The van der Waals surface area contributed by atoms with E-state index in [0.29, 0.717) is 30.4 Å². The third-order valence-corrected chi connectivity index (χ3v) is 5.60. The van der Waals surface area contributed by atoms with Gasteiger partial charge < -0.3 is 14.5 Å². The fraction of sp³-hybridized carbons (Fsp3) is 0.579. The quantitative estimate of drug-likeness (QED) is 0.742. The first-order valence-electron chi connectivity index (χ1n) is 9.19. The molecule has 2 heterocycles. The first-order chi connectivity index (χ1) is 12.5. The lowest BCUT2D eigenvalue weighted by molar-refractivity contribution is -0.142. The normalized spacial score (nSPS) is 18.7. The summed E-state index contributed by atoms with van der Waals surface area (Å²) in [6, 6.07) is 4.47. The number of piperidine rings is 2. The van der Waals surface area contributed by atoms with Crippen molar-refractivity contribution >= 4 is 27.7 Å². The van der Waals surface area contributed by atoms with Crippen molar-refractivity contribution in [1.29, 1.82) is 0 Å². The molecular weight excluding hydrogens is 403 g/mol. The molecule has 0 aliphatic carbocycles. The Labute approximate surface area is 161 Å². The SMILES string of the molecule is O=C(COc1ccc(Br)cc1F)N1CCC(C(=O)N2CCCCC2)CC1. The van der Waals surface area contributed by atoms with Crippen molar-refractivity contribution in [2.45, 2.75) is 32.1 Å². The van der Waals surface area contributed by atoms with Gasteiger partial charge in [-0.2, -0.15) is 0 Å². The number of carbonyl (C=O) groups excluding carboxylic acids is 2. The predicted molar refractivity (Wildman–Crippen MR) is 99.3 cm³/mol. The van der Waals surface area contributed by atoms with Crippen molar-refractivity contribution in [3.8, 4) is 5.75 Å². The van der Waals surface area contributed by atoms with Crippen molar-refractivity contribution in [2.75, 3.05) is 32.8 Å². The molecule has 2 amide bonds. The fourth-order valence-electron chi connectivity index (χ4n) is 3.57. The van der Waals surface area contributed by atoms with Gasteiger partial charge in [0.25, 0.3) is 5.91 Å². The number of ether oxygens (including phenoxy) is 1. The molecule has 26 heavy (non-hydrogen) atoms. The van der Waals surface area contributed by atoms with Crippen LogP contribution in [0.15, 0.2) is 22.7 Å². The van der Waals surface area contributed by atoms with Gasteiger partial charge in [-0.3, -0.25) is 9.59 Å². The van der Waals surface area contributed by atoms with Crippen LogP contribution in [0.1, 0.15) is 32.1 Å². The Kier molecular flexibility index (Phi) is 6.51. The Hall–Kier alpha value is -1.63. The second kappa shape index (κ2) is 8.84. The van der Waals surface area contributed by atoms with E-state index in [1.807, 2.05) is 4.90 Å². The van der Waals surface area contributed by atoms with Gasteiger partial charge in [-0.1, -0.05) is 15.9 Å². The highest BCUT2D eigenvalue weighted by molar-refractivity contribution is 9.10. The van der Waals surface area contributed by atoms with Crippen molar-refractivity contribution in [1.82, 2.24) is 9.80 Å². The highest BCUT2D eigenvalue weighted by Crippen LogP contribution is 2.23. The molecule has 0 unspecified atom stereocenters. The minimum Gasteiger partial charge on any atom is -0.481 e. The zero-order chi connectivity index (χ0) is 18.5. The molecule has 3 rings (SSSR count). The first-order valence-corrected chi connectivity index (χ1v) is 9.98. The zero-order valence-electron chi connectivity index (χ0n) is 14.8. The monoisotopic (exact) mass is 426 g/mol. The van der Waals surface area contributed by atoms with Crippen LogP contribution in [-0.4, -0.2) is 54.4 Å². The van der Waals surface area contributed by atoms with E-state index in [4.69, 9.17) is 4.74 Å². The van der Waals surface area contributed by atoms with E-state index in [1.165, 1.54) is 18.6 Å². The van der Waals surface area contributed by atoms with E-state index in [-0.39, 0.29) is 30.1 Å². The Bertz CT molecular complexity index is 656. The number of benzene rings is 1. The molecule has 2 aliphatic rings. The fourth-order valence-corrected chi connectivity index (χ4v) is 3.90. The molecule has 5 nitrogen and oxygen atoms in total. The lowest BCUT2D eigenvalue weighted by Gasteiger charge is -2.35. The molecular formula is C19H24BrFN2O3. The average Bonchev–Trinajstić information content (AvgIpc) is 2.67. The summed E-state index contributed by atoms with van der Waals surface area (Å²) in [6.45, 7) is 2.64. The van der Waals surface area contributed by atoms with Gasteiger partial charge in [-0.15, -0.1) is 0 Å². The number of hydrogen-bond acceptors (Lipinski definition) is 3. The van der Waals surface area contributed by atoms with Crippen LogP contribution in [0.25, 0.3) is 0 Å². The Morgan fingerprint density at radius 3 is 2.42 bits per heavy atom. The summed E-state index contributed by atoms with van der Waals surface area (Å²) in [5.41, 5.74) is 0. The summed E-state index contributed by atoms with van der Waals surface area (Å²) in [5.74, 6) is -0.349. The Morgan fingerprint density at radius 1 is 1.08 bits per heavy atom. The molecule has 0 spiro atoms. The topological polar surface area (TPSA) is 49.9 Å². The van der Waals surface area contributed by atoms with E-state index in [9.17, 15) is 14.0 Å². The highest BCUT2D eigenvalue weighted by atomic mass is 79.9. The second-order valence-corrected chi connectivity index (χ2v) is 7.82. The average molecular weight is 427 g/mol. The molecule has 0 atom stereocenters. The summed E-state index contributed by atoms with van der Waals surface area (Å²) in [5, 5.41) is 0. The Morgan fingerprint density at radius 2 is 1.77 bits per heavy atom. The number of carbonyl (C=O) groups is 2. The summed E-state index contributed by atoms with van der Waals surface area (Å²) >= 11 is 3.18. The Balaban J connectivity index is 1.45. The maximum absolute atomic E-state index is 13.7. The van der Waals surface area contributed by atoms with E-state index in [0.717, 1.165) is 25.9 Å². The minimum absolute atomic E-state index is 0.0157. The highest BCUT2D eigenvalue weighted by Gasteiger charge is 2.30. The lowest BCUT2D eigenvalue weighted by Crippen LogP contribution is -2.46. The van der Waals surface area contributed by atoms with Gasteiger partial charge >= 0.3 is 0 Å². The molecule has 2 fully saturated rings. The maximum atomic E-state index is 13.7. The number of amides is 2. The molecule has 142 valence electrons. The summed E-state index contributed by atoms with van der Waals surface area (Å²) in [7, 11) is 0. The van der Waals surface area contributed by atoms with Crippen LogP contribution in [0, 0.1) is 11.7 Å². The number of halogens is 2. The first kappa shape index (κ1) is 19.1. The minimum atomic E-state index is -0.502.